The molecule has 1 saturated heterocycles. The SMILES string of the molecule is NC(Cc1ccccc1)C(=O)O.Nc1ccc(N)cc1.O=C(O)[C@@H]1CCCN1. The molecule has 1 aliphatic rings. The van der Waals surface area contributed by atoms with Gasteiger partial charge in [-0.1, -0.05) is 30.3 Å². The molecule has 1 aliphatic heterocycles. The van der Waals surface area contributed by atoms with Gasteiger partial charge in [-0.2, -0.15) is 0 Å². The van der Waals surface area contributed by atoms with Crippen LogP contribution in [0.3, 0.4) is 0 Å². The maximum atomic E-state index is 10.4. The summed E-state index contributed by atoms with van der Waals surface area (Å²) >= 11 is 0. The van der Waals surface area contributed by atoms with Crippen molar-refractivity contribution in [3.05, 3.63) is 60.2 Å². The summed E-state index contributed by atoms with van der Waals surface area (Å²) < 4.78 is 0. The number of aliphatic carboxylic acids is 2. The van der Waals surface area contributed by atoms with Crippen molar-refractivity contribution in [2.24, 2.45) is 5.73 Å². The van der Waals surface area contributed by atoms with Crippen LogP contribution in [0.15, 0.2) is 54.6 Å². The second-order valence-corrected chi connectivity index (χ2v) is 6.29. The highest BCUT2D eigenvalue weighted by atomic mass is 16.4. The number of hydrogen-bond acceptors (Lipinski definition) is 6. The lowest BCUT2D eigenvalue weighted by Gasteiger charge is -2.04. The van der Waals surface area contributed by atoms with E-state index in [1.165, 1.54) is 0 Å². The molecule has 0 radical (unpaired) electrons. The molecule has 0 bridgehead atoms. The Labute approximate surface area is 164 Å². The Morgan fingerprint density at radius 1 is 1.00 bits per heavy atom. The largest absolute Gasteiger partial charge is 0.480 e. The van der Waals surface area contributed by atoms with Gasteiger partial charge in [-0.3, -0.25) is 9.59 Å². The van der Waals surface area contributed by atoms with Crippen LogP contribution in [0.2, 0.25) is 0 Å². The minimum Gasteiger partial charge on any atom is -0.480 e. The molecule has 1 unspecified atom stereocenters. The first kappa shape index (κ1) is 22.9. The number of rotatable bonds is 4. The van der Waals surface area contributed by atoms with Gasteiger partial charge < -0.3 is 32.7 Å². The Kier molecular flexibility index (Phi) is 10.1. The third kappa shape index (κ3) is 9.56. The number of carbonyl (C=O) groups is 2. The zero-order valence-corrected chi connectivity index (χ0v) is 15.6. The Balaban J connectivity index is 0.000000217. The highest BCUT2D eigenvalue weighted by molar-refractivity contribution is 5.74. The first-order chi connectivity index (χ1) is 13.3. The molecular weight excluding hydrogens is 360 g/mol. The monoisotopic (exact) mass is 388 g/mol. The third-order valence-corrected chi connectivity index (χ3v) is 3.91. The van der Waals surface area contributed by atoms with Crippen LogP contribution in [0.1, 0.15) is 18.4 Å². The van der Waals surface area contributed by atoms with Gasteiger partial charge in [-0.15, -0.1) is 0 Å². The lowest BCUT2D eigenvalue weighted by Crippen LogP contribution is -2.32. The molecule has 0 saturated carbocycles. The number of anilines is 2. The number of carboxylic acid groups (broad SMARTS) is 2. The lowest BCUT2D eigenvalue weighted by atomic mass is 10.1. The van der Waals surface area contributed by atoms with E-state index in [-0.39, 0.29) is 6.04 Å². The third-order valence-electron chi connectivity index (χ3n) is 3.91. The van der Waals surface area contributed by atoms with E-state index in [0.717, 1.165) is 36.3 Å². The quantitative estimate of drug-likeness (QED) is 0.427. The molecule has 8 nitrogen and oxygen atoms in total. The van der Waals surface area contributed by atoms with Crippen LogP contribution in [0.4, 0.5) is 11.4 Å². The van der Waals surface area contributed by atoms with Crippen LogP contribution in [-0.2, 0) is 16.0 Å². The second kappa shape index (κ2) is 12.3. The Morgan fingerprint density at radius 3 is 1.89 bits per heavy atom. The van der Waals surface area contributed by atoms with Gasteiger partial charge in [0.15, 0.2) is 0 Å². The summed E-state index contributed by atoms with van der Waals surface area (Å²) in [6, 6.07) is 15.4. The topological polar surface area (TPSA) is 165 Å². The van der Waals surface area contributed by atoms with Crippen molar-refractivity contribution < 1.29 is 19.8 Å². The fraction of sp³-hybridized carbons (Fsp3) is 0.300. The highest BCUT2D eigenvalue weighted by Crippen LogP contribution is 2.05. The summed E-state index contributed by atoms with van der Waals surface area (Å²) in [7, 11) is 0. The van der Waals surface area contributed by atoms with Gasteiger partial charge in [-0.25, -0.2) is 0 Å². The fourth-order valence-electron chi connectivity index (χ4n) is 2.35. The van der Waals surface area contributed by atoms with Crippen molar-refractivity contribution in [1.29, 1.82) is 0 Å². The molecular formula is C20H28N4O4. The van der Waals surface area contributed by atoms with Crippen molar-refractivity contribution in [2.75, 3.05) is 18.0 Å². The van der Waals surface area contributed by atoms with Gasteiger partial charge in [0, 0.05) is 11.4 Å². The van der Waals surface area contributed by atoms with Crippen LogP contribution in [0.25, 0.3) is 0 Å². The van der Waals surface area contributed by atoms with E-state index in [2.05, 4.69) is 5.32 Å². The normalized spacial score (nSPS) is 16.0. The predicted octanol–water partition coefficient (Wildman–Crippen LogP) is 1.31. The van der Waals surface area contributed by atoms with E-state index in [1.807, 2.05) is 30.3 Å². The van der Waals surface area contributed by atoms with Crippen molar-refractivity contribution in [2.45, 2.75) is 31.3 Å². The fourth-order valence-corrected chi connectivity index (χ4v) is 2.35. The summed E-state index contributed by atoms with van der Waals surface area (Å²) in [5, 5.41) is 19.7. The van der Waals surface area contributed by atoms with Gasteiger partial charge in [0.05, 0.1) is 0 Å². The van der Waals surface area contributed by atoms with Crippen LogP contribution in [-0.4, -0.2) is 40.8 Å². The minimum atomic E-state index is -0.959. The molecule has 0 amide bonds. The average Bonchev–Trinajstić information content (AvgIpc) is 3.21. The number of nitrogens with one attached hydrogen (secondary N) is 1. The Hall–Kier alpha value is -3.10. The molecule has 8 heteroatoms. The first-order valence-corrected chi connectivity index (χ1v) is 8.89. The molecule has 0 spiro atoms. The highest BCUT2D eigenvalue weighted by Gasteiger charge is 2.20. The van der Waals surface area contributed by atoms with E-state index >= 15 is 0 Å². The van der Waals surface area contributed by atoms with Crippen LogP contribution >= 0.6 is 0 Å². The molecule has 28 heavy (non-hydrogen) atoms. The molecule has 2 aromatic carbocycles. The number of carboxylic acids is 2. The number of nitrogen functional groups attached to an aromatic ring is 2. The standard InChI is InChI=1S/C9H11NO2.C6H8N2.C5H9NO2/c10-8(9(11)12)6-7-4-2-1-3-5-7;7-5-1-2-6(8)4-3-5;7-5(8)4-2-1-3-6-4/h1-5,8H,6,10H2,(H,11,12);1-4H,7-8H2;4,6H,1-3H2,(H,7,8)/t;;4-/m..0/s1. The number of hydrogen-bond donors (Lipinski definition) is 6. The van der Waals surface area contributed by atoms with E-state index in [9.17, 15) is 9.59 Å². The van der Waals surface area contributed by atoms with Gasteiger partial charge in [0.1, 0.15) is 12.1 Å². The maximum absolute atomic E-state index is 10.4. The van der Waals surface area contributed by atoms with Gasteiger partial charge in [0.2, 0.25) is 0 Å². The molecule has 2 atom stereocenters. The predicted molar refractivity (Wildman–Crippen MR) is 110 cm³/mol. The van der Waals surface area contributed by atoms with Crippen LogP contribution in [0.5, 0.6) is 0 Å². The molecule has 1 fully saturated rings. The van der Waals surface area contributed by atoms with Gasteiger partial charge in [-0.05, 0) is 55.6 Å². The first-order valence-electron chi connectivity index (χ1n) is 8.89. The molecule has 3 rings (SSSR count). The van der Waals surface area contributed by atoms with Crippen molar-refractivity contribution in [3.63, 3.8) is 0 Å². The summed E-state index contributed by atoms with van der Waals surface area (Å²) in [5.74, 6) is -1.68. The van der Waals surface area contributed by atoms with Gasteiger partial charge >= 0.3 is 11.9 Å². The second-order valence-electron chi connectivity index (χ2n) is 6.29. The average molecular weight is 388 g/mol. The Bertz CT molecular complexity index is 696. The lowest BCUT2D eigenvalue weighted by molar-refractivity contribution is -0.139. The Morgan fingerprint density at radius 2 is 1.54 bits per heavy atom. The van der Waals surface area contributed by atoms with Gasteiger partial charge in [0.25, 0.3) is 0 Å². The zero-order valence-electron chi connectivity index (χ0n) is 15.6. The number of benzene rings is 2. The van der Waals surface area contributed by atoms with E-state index in [4.69, 9.17) is 27.4 Å². The summed E-state index contributed by atoms with van der Waals surface area (Å²) in [6.45, 7) is 0.858. The molecule has 152 valence electrons. The summed E-state index contributed by atoms with van der Waals surface area (Å²) in [6.07, 6.45) is 2.17. The van der Waals surface area contributed by atoms with E-state index < -0.39 is 18.0 Å². The molecule has 0 aliphatic carbocycles. The smallest absolute Gasteiger partial charge is 0.320 e. The van der Waals surface area contributed by atoms with Crippen molar-refractivity contribution in [3.8, 4) is 0 Å². The zero-order chi connectivity index (χ0) is 20.9. The molecule has 2 aromatic rings. The minimum absolute atomic E-state index is 0.269. The van der Waals surface area contributed by atoms with Crippen LogP contribution < -0.4 is 22.5 Å². The molecule has 9 N–H and O–H groups in total. The number of nitrogens with two attached hydrogens (primary N) is 3. The maximum Gasteiger partial charge on any atom is 0.320 e. The molecule has 1 heterocycles. The summed E-state index contributed by atoms with van der Waals surface area (Å²) in [4.78, 5) is 20.5. The van der Waals surface area contributed by atoms with Crippen molar-refractivity contribution in [1.82, 2.24) is 5.32 Å². The summed E-state index contributed by atoms with van der Waals surface area (Å²) in [5.41, 5.74) is 18.5. The van der Waals surface area contributed by atoms with Crippen molar-refractivity contribution >= 4 is 23.3 Å². The molecule has 0 aromatic heterocycles. The van der Waals surface area contributed by atoms with Crippen LogP contribution in [0, 0.1) is 0 Å². The van der Waals surface area contributed by atoms with E-state index in [1.54, 1.807) is 24.3 Å². The van der Waals surface area contributed by atoms with E-state index in [0.29, 0.717) is 6.42 Å².